The maximum atomic E-state index is 13.4. The molecule has 0 spiro atoms. The molecule has 0 bridgehead atoms. The Labute approximate surface area is 132 Å². The van der Waals surface area contributed by atoms with Crippen LogP contribution >= 0.6 is 11.3 Å². The van der Waals surface area contributed by atoms with Crippen LogP contribution in [0.15, 0.2) is 18.2 Å². The SMILES string of the molecule is Cc1nc(C)c(C(C)N(C)C(=O)c2ccc(F)c(C#N)c2)s1. The molecule has 0 aliphatic carbocycles. The lowest BCUT2D eigenvalue weighted by Gasteiger charge is -2.24. The molecule has 22 heavy (non-hydrogen) atoms. The number of nitrogens with zero attached hydrogens (tertiary/aromatic N) is 3. The maximum absolute atomic E-state index is 13.4. The van der Waals surface area contributed by atoms with E-state index in [1.165, 1.54) is 12.1 Å². The fourth-order valence-corrected chi connectivity index (χ4v) is 3.26. The third kappa shape index (κ3) is 3.00. The highest BCUT2D eigenvalue weighted by Crippen LogP contribution is 2.29. The summed E-state index contributed by atoms with van der Waals surface area (Å²) >= 11 is 1.56. The molecule has 0 aliphatic heterocycles. The quantitative estimate of drug-likeness (QED) is 0.869. The van der Waals surface area contributed by atoms with Gasteiger partial charge in [0.2, 0.25) is 0 Å². The lowest BCUT2D eigenvalue weighted by Crippen LogP contribution is -2.29. The first-order valence-electron chi connectivity index (χ1n) is 6.76. The van der Waals surface area contributed by atoms with Gasteiger partial charge in [-0.25, -0.2) is 9.37 Å². The summed E-state index contributed by atoms with van der Waals surface area (Å²) in [6, 6.07) is 5.43. The molecule has 2 rings (SSSR count). The Kier molecular flexibility index (Phi) is 4.57. The highest BCUT2D eigenvalue weighted by molar-refractivity contribution is 7.11. The Balaban J connectivity index is 2.29. The van der Waals surface area contributed by atoms with E-state index in [-0.39, 0.29) is 17.5 Å². The van der Waals surface area contributed by atoms with Gasteiger partial charge >= 0.3 is 0 Å². The van der Waals surface area contributed by atoms with Crippen molar-refractivity contribution >= 4 is 17.2 Å². The molecule has 1 aromatic carbocycles. The Morgan fingerprint density at radius 1 is 1.45 bits per heavy atom. The number of carbonyl (C=O) groups excluding carboxylic acids is 1. The molecule has 114 valence electrons. The summed E-state index contributed by atoms with van der Waals surface area (Å²) in [5.74, 6) is -0.877. The molecule has 0 radical (unpaired) electrons. The standard InChI is InChI=1S/C16H16FN3OS/c1-9-15(22-11(3)19-9)10(2)20(4)16(21)12-5-6-14(17)13(7-12)8-18/h5-7,10H,1-4H3. The molecule has 0 saturated carbocycles. The molecule has 1 aromatic heterocycles. The van der Waals surface area contributed by atoms with Crippen molar-refractivity contribution in [3.8, 4) is 6.07 Å². The first kappa shape index (κ1) is 16.1. The summed E-state index contributed by atoms with van der Waals surface area (Å²) < 4.78 is 13.4. The topological polar surface area (TPSA) is 57.0 Å². The molecule has 1 atom stereocenters. The molecule has 0 fully saturated rings. The van der Waals surface area contributed by atoms with E-state index in [0.717, 1.165) is 21.6 Å². The van der Waals surface area contributed by atoms with Crippen molar-refractivity contribution in [1.82, 2.24) is 9.88 Å². The normalized spacial score (nSPS) is 11.8. The Morgan fingerprint density at radius 3 is 2.68 bits per heavy atom. The van der Waals surface area contributed by atoms with Gasteiger partial charge in [0.15, 0.2) is 0 Å². The van der Waals surface area contributed by atoms with Crippen molar-refractivity contribution in [2.75, 3.05) is 7.05 Å². The predicted octanol–water partition coefficient (Wildman–Crippen LogP) is 3.60. The van der Waals surface area contributed by atoms with Gasteiger partial charge < -0.3 is 4.90 Å². The second kappa shape index (κ2) is 6.24. The van der Waals surface area contributed by atoms with Gasteiger partial charge in [0.05, 0.1) is 22.3 Å². The van der Waals surface area contributed by atoms with E-state index in [9.17, 15) is 9.18 Å². The number of hydrogen-bond donors (Lipinski definition) is 0. The van der Waals surface area contributed by atoms with Gasteiger partial charge in [-0.15, -0.1) is 11.3 Å². The third-order valence-corrected chi connectivity index (χ3v) is 4.80. The largest absolute Gasteiger partial charge is 0.334 e. The molecule has 1 amide bonds. The number of benzene rings is 1. The Hall–Kier alpha value is -2.26. The van der Waals surface area contributed by atoms with Crippen molar-refractivity contribution in [2.24, 2.45) is 0 Å². The van der Waals surface area contributed by atoms with Crippen molar-refractivity contribution < 1.29 is 9.18 Å². The minimum Gasteiger partial charge on any atom is -0.334 e. The zero-order valence-electron chi connectivity index (χ0n) is 12.8. The van der Waals surface area contributed by atoms with E-state index < -0.39 is 5.82 Å². The Morgan fingerprint density at radius 2 is 2.14 bits per heavy atom. The highest BCUT2D eigenvalue weighted by Gasteiger charge is 2.23. The number of hydrogen-bond acceptors (Lipinski definition) is 4. The van der Waals surface area contributed by atoms with Crippen LogP contribution in [0.5, 0.6) is 0 Å². The molecule has 6 heteroatoms. The number of rotatable bonds is 3. The fraction of sp³-hybridized carbons (Fsp3) is 0.312. The van der Waals surface area contributed by atoms with Crippen molar-refractivity contribution in [3.05, 3.63) is 50.7 Å². The molecular weight excluding hydrogens is 301 g/mol. The van der Waals surface area contributed by atoms with Gasteiger partial charge in [-0.1, -0.05) is 0 Å². The summed E-state index contributed by atoms with van der Waals surface area (Å²) in [5.41, 5.74) is 1.08. The third-order valence-electron chi connectivity index (χ3n) is 3.55. The predicted molar refractivity (Wildman–Crippen MR) is 83.2 cm³/mol. The van der Waals surface area contributed by atoms with E-state index in [0.29, 0.717) is 5.56 Å². The van der Waals surface area contributed by atoms with Crippen LogP contribution in [-0.4, -0.2) is 22.8 Å². The number of carbonyl (C=O) groups is 1. The summed E-state index contributed by atoms with van der Waals surface area (Å²) in [6.07, 6.45) is 0. The van der Waals surface area contributed by atoms with Gasteiger partial charge in [0.25, 0.3) is 5.91 Å². The monoisotopic (exact) mass is 317 g/mol. The van der Waals surface area contributed by atoms with E-state index in [1.807, 2.05) is 20.8 Å². The Bertz CT molecular complexity index is 763. The molecular formula is C16H16FN3OS. The van der Waals surface area contributed by atoms with Crippen molar-refractivity contribution in [3.63, 3.8) is 0 Å². The maximum Gasteiger partial charge on any atom is 0.254 e. The lowest BCUT2D eigenvalue weighted by atomic mass is 10.1. The average Bonchev–Trinajstić information content (AvgIpc) is 2.84. The second-order valence-electron chi connectivity index (χ2n) is 5.08. The zero-order valence-corrected chi connectivity index (χ0v) is 13.7. The molecule has 4 nitrogen and oxygen atoms in total. The van der Waals surface area contributed by atoms with E-state index >= 15 is 0 Å². The van der Waals surface area contributed by atoms with Crippen LogP contribution in [0.1, 0.15) is 44.5 Å². The number of aryl methyl sites for hydroxylation is 2. The van der Waals surface area contributed by atoms with Crippen LogP contribution in [-0.2, 0) is 0 Å². The van der Waals surface area contributed by atoms with Gasteiger partial charge in [0, 0.05) is 17.5 Å². The second-order valence-corrected chi connectivity index (χ2v) is 6.32. The number of nitriles is 1. The van der Waals surface area contributed by atoms with Crippen LogP contribution in [0, 0.1) is 31.0 Å². The summed E-state index contributed by atoms with van der Waals surface area (Å²) in [5, 5.41) is 9.82. The van der Waals surface area contributed by atoms with Crippen molar-refractivity contribution in [1.29, 1.82) is 5.26 Å². The highest BCUT2D eigenvalue weighted by atomic mass is 32.1. The van der Waals surface area contributed by atoms with Crippen LogP contribution < -0.4 is 0 Å². The zero-order chi connectivity index (χ0) is 16.4. The number of halogens is 1. The van der Waals surface area contributed by atoms with Crippen LogP contribution in [0.4, 0.5) is 4.39 Å². The molecule has 2 aromatic rings. The minimum absolute atomic E-state index is 0.128. The van der Waals surface area contributed by atoms with Crippen LogP contribution in [0.2, 0.25) is 0 Å². The van der Waals surface area contributed by atoms with Crippen molar-refractivity contribution in [2.45, 2.75) is 26.8 Å². The van der Waals surface area contributed by atoms with E-state index in [2.05, 4.69) is 4.98 Å². The first-order valence-corrected chi connectivity index (χ1v) is 7.57. The molecule has 0 saturated heterocycles. The fourth-order valence-electron chi connectivity index (χ4n) is 2.23. The van der Waals surface area contributed by atoms with Gasteiger partial charge in [-0.2, -0.15) is 5.26 Å². The smallest absolute Gasteiger partial charge is 0.254 e. The minimum atomic E-state index is -0.622. The summed E-state index contributed by atoms with van der Waals surface area (Å²) in [4.78, 5) is 19.5. The average molecular weight is 317 g/mol. The van der Waals surface area contributed by atoms with E-state index in [4.69, 9.17) is 5.26 Å². The first-order chi connectivity index (χ1) is 10.3. The molecule has 1 heterocycles. The lowest BCUT2D eigenvalue weighted by molar-refractivity contribution is 0.0744. The number of aromatic nitrogens is 1. The van der Waals surface area contributed by atoms with Gasteiger partial charge in [-0.3, -0.25) is 4.79 Å². The van der Waals surface area contributed by atoms with Crippen LogP contribution in [0.25, 0.3) is 0 Å². The molecule has 0 aliphatic rings. The van der Waals surface area contributed by atoms with Gasteiger partial charge in [-0.05, 0) is 39.0 Å². The number of thiazole rings is 1. The van der Waals surface area contributed by atoms with Crippen LogP contribution in [0.3, 0.4) is 0 Å². The van der Waals surface area contributed by atoms with E-state index in [1.54, 1.807) is 29.4 Å². The summed E-state index contributed by atoms with van der Waals surface area (Å²) in [6.45, 7) is 5.76. The summed E-state index contributed by atoms with van der Waals surface area (Å²) in [7, 11) is 1.69. The van der Waals surface area contributed by atoms with Gasteiger partial charge in [0.1, 0.15) is 11.9 Å². The number of amides is 1. The molecule has 1 unspecified atom stereocenters. The molecule has 0 N–H and O–H groups in total.